The van der Waals surface area contributed by atoms with Crippen molar-refractivity contribution >= 4 is 22.7 Å². The van der Waals surface area contributed by atoms with Crippen LogP contribution in [0.1, 0.15) is 29.6 Å². The van der Waals surface area contributed by atoms with Crippen LogP contribution in [-0.4, -0.2) is 16.7 Å². The number of hydrogen-bond acceptors (Lipinski definition) is 3. The average Bonchev–Trinajstić information content (AvgIpc) is 2.72. The second kappa shape index (κ2) is 6.73. The smallest absolute Gasteiger partial charge is 0.550 e. The first-order valence-corrected chi connectivity index (χ1v) is 5.47. The number of ketones is 1. The quantitative estimate of drug-likeness (QED) is 0.508. The Bertz CT molecular complexity index is 562. The fraction of sp³-hybridized carbons (Fsp3) is 0.231. The molecule has 0 atom stereocenters. The van der Waals surface area contributed by atoms with Crippen LogP contribution in [0.15, 0.2) is 30.5 Å². The van der Waals surface area contributed by atoms with Crippen molar-refractivity contribution in [1.82, 2.24) is 4.98 Å². The number of aliphatic carboxylic acids is 1. The van der Waals surface area contributed by atoms with Gasteiger partial charge in [0.25, 0.3) is 0 Å². The summed E-state index contributed by atoms with van der Waals surface area (Å²) in [6.07, 6.45) is 2.15. The molecule has 0 amide bonds. The Kier molecular flexibility index (Phi) is 5.59. The number of carboxylic acids is 1. The Morgan fingerprint density at radius 3 is 2.61 bits per heavy atom. The fourth-order valence-electron chi connectivity index (χ4n) is 1.83. The van der Waals surface area contributed by atoms with E-state index in [1.54, 1.807) is 6.20 Å². The van der Waals surface area contributed by atoms with Gasteiger partial charge in [0.1, 0.15) is 0 Å². The van der Waals surface area contributed by atoms with Gasteiger partial charge in [-0.3, -0.25) is 4.79 Å². The minimum absolute atomic E-state index is 0. The van der Waals surface area contributed by atoms with E-state index in [9.17, 15) is 14.7 Å². The fourth-order valence-corrected chi connectivity index (χ4v) is 1.83. The van der Waals surface area contributed by atoms with Crippen LogP contribution in [0.3, 0.4) is 0 Å². The number of fused-ring (bicyclic) bond motifs is 1. The summed E-state index contributed by atoms with van der Waals surface area (Å²) in [7, 11) is 0. The van der Waals surface area contributed by atoms with Crippen LogP contribution in [0, 0.1) is 0 Å². The number of rotatable bonds is 5. The molecule has 0 aliphatic heterocycles. The SMILES string of the molecule is O=C([O-])CCCC(=O)c1c[nH]c2ccccc12.[Na+]. The number of hydrogen-bond donors (Lipinski definition) is 1. The van der Waals surface area contributed by atoms with Crippen LogP contribution in [0.4, 0.5) is 0 Å². The van der Waals surface area contributed by atoms with Crippen molar-refractivity contribution in [2.24, 2.45) is 0 Å². The molecule has 1 heterocycles. The van der Waals surface area contributed by atoms with Gasteiger partial charge in [-0.2, -0.15) is 0 Å². The largest absolute Gasteiger partial charge is 1.00 e. The summed E-state index contributed by atoms with van der Waals surface area (Å²) in [5.74, 6) is -1.15. The number of carbonyl (C=O) groups is 2. The third kappa shape index (κ3) is 3.45. The number of para-hydroxylation sites is 1. The molecule has 2 aromatic rings. The van der Waals surface area contributed by atoms with Gasteiger partial charge in [-0.1, -0.05) is 18.2 Å². The molecule has 5 heteroatoms. The predicted molar refractivity (Wildman–Crippen MR) is 61.5 cm³/mol. The number of aromatic amines is 1. The molecule has 2 rings (SSSR count). The van der Waals surface area contributed by atoms with E-state index >= 15 is 0 Å². The summed E-state index contributed by atoms with van der Waals surface area (Å²) in [5, 5.41) is 11.1. The molecule has 4 nitrogen and oxygen atoms in total. The van der Waals surface area contributed by atoms with Gasteiger partial charge in [0.2, 0.25) is 0 Å². The van der Waals surface area contributed by atoms with Crippen LogP contribution < -0.4 is 34.7 Å². The molecule has 88 valence electrons. The van der Waals surface area contributed by atoms with Crippen LogP contribution in [0.2, 0.25) is 0 Å². The van der Waals surface area contributed by atoms with E-state index in [1.165, 1.54) is 0 Å². The summed E-state index contributed by atoms with van der Waals surface area (Å²) in [6.45, 7) is 0. The number of benzene rings is 1. The third-order valence-corrected chi connectivity index (χ3v) is 2.67. The number of nitrogens with one attached hydrogen (secondary N) is 1. The standard InChI is InChI=1S/C13H13NO3.Na/c15-12(6-3-7-13(16)17)10-8-14-11-5-2-1-4-9(10)11;/h1-2,4-5,8,14H,3,6-7H2,(H,16,17);/q;+1/p-1. The van der Waals surface area contributed by atoms with E-state index in [-0.39, 0.29) is 48.2 Å². The Balaban J connectivity index is 0.00000162. The molecule has 18 heavy (non-hydrogen) atoms. The number of carbonyl (C=O) groups excluding carboxylic acids is 2. The molecule has 0 bridgehead atoms. The first-order chi connectivity index (χ1) is 8.18. The third-order valence-electron chi connectivity index (χ3n) is 2.67. The van der Waals surface area contributed by atoms with Gasteiger partial charge in [0.15, 0.2) is 5.78 Å². The summed E-state index contributed by atoms with van der Waals surface area (Å²) in [6, 6.07) is 7.53. The number of aromatic nitrogens is 1. The van der Waals surface area contributed by atoms with E-state index in [0.717, 1.165) is 10.9 Å². The molecule has 0 radical (unpaired) electrons. The molecule has 0 unspecified atom stereocenters. The van der Waals surface area contributed by atoms with Gasteiger partial charge < -0.3 is 14.9 Å². The average molecular weight is 253 g/mol. The monoisotopic (exact) mass is 253 g/mol. The van der Waals surface area contributed by atoms with Gasteiger partial charge in [-0.25, -0.2) is 0 Å². The second-order valence-electron chi connectivity index (χ2n) is 3.90. The Morgan fingerprint density at radius 1 is 1.17 bits per heavy atom. The minimum atomic E-state index is -1.11. The Labute approximate surface area is 127 Å². The van der Waals surface area contributed by atoms with Gasteiger partial charge in [-0.15, -0.1) is 0 Å². The minimum Gasteiger partial charge on any atom is -0.550 e. The van der Waals surface area contributed by atoms with Crippen molar-refractivity contribution in [3.63, 3.8) is 0 Å². The van der Waals surface area contributed by atoms with Crippen molar-refractivity contribution in [3.05, 3.63) is 36.0 Å². The van der Waals surface area contributed by atoms with Crippen molar-refractivity contribution in [2.45, 2.75) is 19.3 Å². The Hall–Kier alpha value is -1.10. The maximum absolute atomic E-state index is 11.9. The molecule has 0 aliphatic rings. The molecule has 0 fully saturated rings. The van der Waals surface area contributed by atoms with E-state index < -0.39 is 5.97 Å². The zero-order valence-electron chi connectivity index (χ0n) is 10.2. The van der Waals surface area contributed by atoms with E-state index in [4.69, 9.17) is 0 Å². The van der Waals surface area contributed by atoms with Crippen molar-refractivity contribution < 1.29 is 44.3 Å². The zero-order valence-corrected chi connectivity index (χ0v) is 12.2. The molecular weight excluding hydrogens is 241 g/mol. The van der Waals surface area contributed by atoms with E-state index in [2.05, 4.69) is 4.98 Å². The Morgan fingerprint density at radius 2 is 1.89 bits per heavy atom. The molecule has 0 spiro atoms. The van der Waals surface area contributed by atoms with E-state index in [0.29, 0.717) is 12.0 Å². The topological polar surface area (TPSA) is 73.0 Å². The molecule has 0 saturated heterocycles. The van der Waals surface area contributed by atoms with E-state index in [1.807, 2.05) is 24.3 Å². The zero-order chi connectivity index (χ0) is 12.3. The van der Waals surface area contributed by atoms with Crippen molar-refractivity contribution in [2.75, 3.05) is 0 Å². The molecule has 1 N–H and O–H groups in total. The second-order valence-corrected chi connectivity index (χ2v) is 3.90. The van der Waals surface area contributed by atoms with Gasteiger partial charge in [-0.05, 0) is 18.9 Å². The summed E-state index contributed by atoms with van der Waals surface area (Å²) >= 11 is 0. The van der Waals surface area contributed by atoms with Crippen molar-refractivity contribution in [1.29, 1.82) is 0 Å². The first kappa shape index (κ1) is 15.0. The number of H-pyrrole nitrogens is 1. The molecule has 1 aromatic carbocycles. The molecular formula is C13H12NNaO3. The maximum atomic E-state index is 11.9. The van der Waals surface area contributed by atoms with Crippen LogP contribution in [0.25, 0.3) is 10.9 Å². The number of carboxylic acid groups (broad SMARTS) is 1. The van der Waals surface area contributed by atoms with Crippen molar-refractivity contribution in [3.8, 4) is 0 Å². The molecule has 0 saturated carbocycles. The van der Waals surface area contributed by atoms with Gasteiger partial charge in [0.05, 0.1) is 0 Å². The first-order valence-electron chi connectivity index (χ1n) is 5.47. The molecule has 1 aromatic heterocycles. The normalized spacial score (nSPS) is 10.0. The van der Waals surface area contributed by atoms with Gasteiger partial charge in [0, 0.05) is 35.1 Å². The maximum Gasteiger partial charge on any atom is 1.00 e. The predicted octanol–water partition coefficient (Wildman–Crippen LogP) is -1.73. The van der Waals surface area contributed by atoms with Crippen LogP contribution in [-0.2, 0) is 4.79 Å². The summed E-state index contributed by atoms with van der Waals surface area (Å²) in [4.78, 5) is 25.1. The van der Waals surface area contributed by atoms with Gasteiger partial charge >= 0.3 is 29.6 Å². The summed E-state index contributed by atoms with van der Waals surface area (Å²) in [5.41, 5.74) is 1.54. The van der Waals surface area contributed by atoms with Crippen LogP contribution >= 0.6 is 0 Å². The molecule has 0 aliphatic carbocycles. The number of Topliss-reactive ketones (excluding diaryl/α,β-unsaturated/α-hetero) is 1. The van der Waals surface area contributed by atoms with Crippen LogP contribution in [0.5, 0.6) is 0 Å². The summed E-state index contributed by atoms with van der Waals surface area (Å²) < 4.78 is 0.